The number of hydrogen-bond donors (Lipinski definition) is 1. The summed E-state index contributed by atoms with van der Waals surface area (Å²) in [6, 6.07) is 0.701. The molecule has 2 aromatic rings. The summed E-state index contributed by atoms with van der Waals surface area (Å²) in [4.78, 5) is 7.12. The van der Waals surface area contributed by atoms with Crippen LogP contribution in [0.5, 0.6) is 0 Å². The van der Waals surface area contributed by atoms with Crippen LogP contribution in [0.25, 0.3) is 4.96 Å². The first-order chi connectivity index (χ1) is 9.24. The zero-order valence-corrected chi connectivity index (χ0v) is 12.7. The molecular weight excluding hydrogens is 254 g/mol. The number of fused-ring (bicyclic) bond motifs is 1. The molecule has 1 aliphatic carbocycles. The fourth-order valence-electron chi connectivity index (χ4n) is 3.05. The Morgan fingerprint density at radius 2 is 2.00 bits per heavy atom. The highest BCUT2D eigenvalue weighted by molar-refractivity contribution is 7.17. The van der Waals surface area contributed by atoms with Crippen molar-refractivity contribution in [3.63, 3.8) is 0 Å². The van der Waals surface area contributed by atoms with Gasteiger partial charge in [0.05, 0.1) is 11.4 Å². The molecule has 0 saturated heterocycles. The molecule has 0 radical (unpaired) electrons. The van der Waals surface area contributed by atoms with Gasteiger partial charge in [-0.05, 0) is 26.7 Å². The minimum atomic E-state index is 0.701. The maximum Gasteiger partial charge on any atom is 0.194 e. The van der Waals surface area contributed by atoms with Crippen molar-refractivity contribution in [3.05, 3.63) is 22.5 Å². The molecule has 1 N–H and O–H groups in total. The van der Waals surface area contributed by atoms with Gasteiger partial charge in [-0.1, -0.05) is 25.7 Å². The van der Waals surface area contributed by atoms with Gasteiger partial charge < -0.3 is 5.32 Å². The summed E-state index contributed by atoms with van der Waals surface area (Å²) in [7, 11) is 0. The summed E-state index contributed by atoms with van der Waals surface area (Å²) < 4.78 is 2.26. The van der Waals surface area contributed by atoms with Gasteiger partial charge in [-0.2, -0.15) is 0 Å². The Kier molecular flexibility index (Phi) is 3.89. The molecule has 0 aliphatic heterocycles. The molecule has 3 nitrogen and oxygen atoms in total. The van der Waals surface area contributed by atoms with Crippen molar-refractivity contribution in [2.75, 3.05) is 0 Å². The molecule has 2 aromatic heterocycles. The average Bonchev–Trinajstić information content (AvgIpc) is 2.74. The lowest BCUT2D eigenvalue weighted by Crippen LogP contribution is -2.28. The Morgan fingerprint density at radius 3 is 2.74 bits per heavy atom. The Hall–Kier alpha value is -0.870. The van der Waals surface area contributed by atoms with Crippen LogP contribution in [0, 0.1) is 13.8 Å². The van der Waals surface area contributed by atoms with Crippen molar-refractivity contribution in [2.24, 2.45) is 0 Å². The summed E-state index contributed by atoms with van der Waals surface area (Å²) in [5, 5.41) is 3.75. The molecule has 1 saturated carbocycles. The van der Waals surface area contributed by atoms with Gasteiger partial charge in [0, 0.05) is 23.7 Å². The van der Waals surface area contributed by atoms with E-state index in [0.29, 0.717) is 6.04 Å². The number of aryl methyl sites for hydroxylation is 2. The second kappa shape index (κ2) is 5.63. The van der Waals surface area contributed by atoms with Crippen LogP contribution in [0.2, 0.25) is 0 Å². The Balaban J connectivity index is 1.71. The summed E-state index contributed by atoms with van der Waals surface area (Å²) in [6.07, 6.45) is 10.5. The van der Waals surface area contributed by atoms with Crippen LogP contribution in [-0.2, 0) is 6.54 Å². The topological polar surface area (TPSA) is 29.3 Å². The van der Waals surface area contributed by atoms with Gasteiger partial charge in [-0.3, -0.25) is 4.40 Å². The van der Waals surface area contributed by atoms with Gasteiger partial charge in [-0.15, -0.1) is 11.3 Å². The van der Waals surface area contributed by atoms with E-state index in [9.17, 15) is 0 Å². The molecule has 0 amide bonds. The molecule has 19 heavy (non-hydrogen) atoms. The number of imidazole rings is 1. The lowest BCUT2D eigenvalue weighted by Gasteiger charge is -2.16. The molecule has 0 atom stereocenters. The quantitative estimate of drug-likeness (QED) is 0.864. The Morgan fingerprint density at radius 1 is 1.26 bits per heavy atom. The fraction of sp³-hybridized carbons (Fsp3) is 0.667. The molecule has 0 aromatic carbocycles. The van der Waals surface area contributed by atoms with Gasteiger partial charge in [0.15, 0.2) is 4.96 Å². The van der Waals surface area contributed by atoms with Crippen LogP contribution in [0.1, 0.15) is 54.8 Å². The third-order valence-corrected chi connectivity index (χ3v) is 5.05. The summed E-state index contributed by atoms with van der Waals surface area (Å²) >= 11 is 1.78. The van der Waals surface area contributed by atoms with Crippen molar-refractivity contribution in [2.45, 2.75) is 65.0 Å². The molecule has 0 spiro atoms. The highest BCUT2D eigenvalue weighted by Gasteiger charge is 2.15. The number of thiazole rings is 1. The molecule has 0 unspecified atom stereocenters. The average molecular weight is 277 g/mol. The van der Waals surface area contributed by atoms with Crippen LogP contribution in [0.3, 0.4) is 0 Å². The lowest BCUT2D eigenvalue weighted by molar-refractivity contribution is 0.455. The normalized spacial score (nSPS) is 18.0. The van der Waals surface area contributed by atoms with Crippen LogP contribution in [-0.4, -0.2) is 15.4 Å². The predicted molar refractivity (Wildman–Crippen MR) is 80.9 cm³/mol. The standard InChI is InChI=1S/C15H23N3S/c1-11-10-18-14(12(2)17-15(18)19-11)9-16-13-7-5-3-4-6-8-13/h10,13,16H,3-9H2,1-2H3. The smallest absolute Gasteiger partial charge is 0.194 e. The third kappa shape index (κ3) is 2.84. The van der Waals surface area contributed by atoms with Crippen LogP contribution < -0.4 is 5.32 Å². The van der Waals surface area contributed by atoms with E-state index in [2.05, 4.69) is 34.7 Å². The monoisotopic (exact) mass is 277 g/mol. The molecule has 0 bridgehead atoms. The second-order valence-electron chi connectivity index (χ2n) is 5.71. The minimum absolute atomic E-state index is 0.701. The van der Waals surface area contributed by atoms with Crippen LogP contribution in [0.4, 0.5) is 0 Å². The van der Waals surface area contributed by atoms with E-state index in [0.717, 1.165) is 11.5 Å². The number of hydrogen-bond acceptors (Lipinski definition) is 3. The highest BCUT2D eigenvalue weighted by atomic mass is 32.1. The fourth-order valence-corrected chi connectivity index (χ4v) is 3.94. The van der Waals surface area contributed by atoms with Gasteiger partial charge in [0.2, 0.25) is 0 Å². The van der Waals surface area contributed by atoms with E-state index >= 15 is 0 Å². The Bertz CT molecular complexity index is 547. The van der Waals surface area contributed by atoms with Crippen molar-refractivity contribution >= 4 is 16.3 Å². The van der Waals surface area contributed by atoms with Crippen molar-refractivity contribution < 1.29 is 0 Å². The first-order valence-corrected chi connectivity index (χ1v) is 8.23. The van der Waals surface area contributed by atoms with Crippen molar-refractivity contribution in [3.8, 4) is 0 Å². The molecule has 2 heterocycles. The van der Waals surface area contributed by atoms with E-state index in [-0.39, 0.29) is 0 Å². The zero-order valence-electron chi connectivity index (χ0n) is 11.9. The SMILES string of the molecule is Cc1cn2c(CNC3CCCCCC3)c(C)nc2s1. The van der Waals surface area contributed by atoms with E-state index in [4.69, 9.17) is 0 Å². The zero-order chi connectivity index (χ0) is 13.2. The number of nitrogens with one attached hydrogen (secondary N) is 1. The first kappa shape index (κ1) is 13.1. The maximum atomic E-state index is 4.66. The minimum Gasteiger partial charge on any atom is -0.308 e. The van der Waals surface area contributed by atoms with E-state index < -0.39 is 0 Å². The van der Waals surface area contributed by atoms with Crippen LogP contribution in [0.15, 0.2) is 6.20 Å². The molecular formula is C15H23N3S. The summed E-state index contributed by atoms with van der Waals surface area (Å²) in [6.45, 7) is 5.23. The van der Waals surface area contributed by atoms with Gasteiger partial charge in [0.25, 0.3) is 0 Å². The van der Waals surface area contributed by atoms with Gasteiger partial charge >= 0.3 is 0 Å². The number of nitrogens with zero attached hydrogens (tertiary/aromatic N) is 2. The molecule has 1 fully saturated rings. The van der Waals surface area contributed by atoms with Gasteiger partial charge in [0.1, 0.15) is 0 Å². The Labute approximate surface area is 119 Å². The molecule has 3 rings (SSSR count). The number of rotatable bonds is 3. The van der Waals surface area contributed by atoms with E-state index in [1.807, 2.05) is 0 Å². The maximum absolute atomic E-state index is 4.66. The first-order valence-electron chi connectivity index (χ1n) is 7.41. The van der Waals surface area contributed by atoms with Gasteiger partial charge in [-0.25, -0.2) is 4.98 Å². The lowest BCUT2D eigenvalue weighted by atomic mass is 10.1. The number of aromatic nitrogens is 2. The van der Waals surface area contributed by atoms with Crippen molar-refractivity contribution in [1.82, 2.24) is 14.7 Å². The second-order valence-corrected chi connectivity index (χ2v) is 6.92. The van der Waals surface area contributed by atoms with Crippen LogP contribution >= 0.6 is 11.3 Å². The third-order valence-electron chi connectivity index (χ3n) is 4.15. The van der Waals surface area contributed by atoms with E-state index in [1.54, 1.807) is 11.3 Å². The highest BCUT2D eigenvalue weighted by Crippen LogP contribution is 2.22. The van der Waals surface area contributed by atoms with Crippen molar-refractivity contribution in [1.29, 1.82) is 0 Å². The molecule has 4 heteroatoms. The molecule has 104 valence electrons. The van der Waals surface area contributed by atoms with E-state index in [1.165, 1.54) is 54.8 Å². The predicted octanol–water partition coefficient (Wildman–Crippen LogP) is 3.83. The molecule has 1 aliphatic rings. The summed E-state index contributed by atoms with van der Waals surface area (Å²) in [5.41, 5.74) is 2.51. The largest absolute Gasteiger partial charge is 0.308 e. The summed E-state index contributed by atoms with van der Waals surface area (Å²) in [5.74, 6) is 0.